The summed E-state index contributed by atoms with van der Waals surface area (Å²) in [5.41, 5.74) is 2.41. The van der Waals surface area contributed by atoms with Crippen molar-refractivity contribution in [2.45, 2.75) is 13.5 Å². The van der Waals surface area contributed by atoms with Crippen LogP contribution in [0.5, 0.6) is 11.6 Å². The average Bonchev–Trinajstić information content (AvgIpc) is 2.91. The summed E-state index contributed by atoms with van der Waals surface area (Å²) < 4.78 is 12.3. The molecule has 112 valence electrons. The molecule has 0 atom stereocenters. The van der Waals surface area contributed by atoms with E-state index in [-0.39, 0.29) is 12.2 Å². The fraction of sp³-hybridized carbons (Fsp3) is 0.231. The highest BCUT2D eigenvalue weighted by Gasteiger charge is 2.16. The van der Waals surface area contributed by atoms with Crippen LogP contribution in [-0.2, 0) is 6.61 Å². The van der Waals surface area contributed by atoms with Gasteiger partial charge < -0.3 is 9.47 Å². The van der Waals surface area contributed by atoms with Gasteiger partial charge in [0.25, 0.3) is 5.91 Å². The predicted molar refractivity (Wildman–Crippen MR) is 77.8 cm³/mol. The SMILES string of the molecule is CCOc1cccc(C(=O)NO)c1COc1ccn(S)n1. The number of nitrogens with zero attached hydrogens (tertiary/aromatic N) is 2. The second-order valence-electron chi connectivity index (χ2n) is 4.02. The minimum absolute atomic E-state index is 0.0731. The number of thiol groups is 1. The average molecular weight is 309 g/mol. The number of benzene rings is 1. The van der Waals surface area contributed by atoms with E-state index in [0.717, 1.165) is 0 Å². The largest absolute Gasteiger partial charge is 0.493 e. The zero-order chi connectivity index (χ0) is 15.2. The fourth-order valence-corrected chi connectivity index (χ4v) is 1.95. The lowest BCUT2D eigenvalue weighted by molar-refractivity contribution is 0.0703. The van der Waals surface area contributed by atoms with Gasteiger partial charge in [-0.25, -0.2) is 9.57 Å². The number of ether oxygens (including phenoxy) is 2. The maximum atomic E-state index is 11.7. The number of nitrogens with one attached hydrogen (secondary N) is 1. The monoisotopic (exact) mass is 309 g/mol. The third kappa shape index (κ3) is 3.67. The molecule has 0 bridgehead atoms. The molecule has 8 heteroatoms. The predicted octanol–water partition coefficient (Wildman–Crippen LogP) is 1.67. The van der Waals surface area contributed by atoms with E-state index in [2.05, 4.69) is 17.9 Å². The normalized spacial score (nSPS) is 10.2. The van der Waals surface area contributed by atoms with Crippen LogP contribution >= 0.6 is 12.8 Å². The molecule has 0 fully saturated rings. The summed E-state index contributed by atoms with van der Waals surface area (Å²) in [5, 5.41) is 12.8. The summed E-state index contributed by atoms with van der Waals surface area (Å²) in [6.07, 6.45) is 1.62. The Morgan fingerprint density at radius 1 is 1.43 bits per heavy atom. The number of aromatic nitrogens is 2. The van der Waals surface area contributed by atoms with Gasteiger partial charge in [-0.05, 0) is 31.9 Å². The quantitative estimate of drug-likeness (QED) is 0.429. The van der Waals surface area contributed by atoms with E-state index in [1.807, 2.05) is 6.92 Å². The fourth-order valence-electron chi connectivity index (χ4n) is 1.80. The molecule has 1 aromatic carbocycles. The van der Waals surface area contributed by atoms with Gasteiger partial charge in [-0.2, -0.15) is 0 Å². The molecule has 7 nitrogen and oxygen atoms in total. The zero-order valence-corrected chi connectivity index (χ0v) is 12.2. The number of amides is 1. The van der Waals surface area contributed by atoms with Crippen molar-refractivity contribution in [2.75, 3.05) is 6.61 Å². The Bertz CT molecular complexity index is 630. The van der Waals surface area contributed by atoms with Gasteiger partial charge in [-0.3, -0.25) is 10.0 Å². The van der Waals surface area contributed by atoms with Crippen molar-refractivity contribution in [3.8, 4) is 11.6 Å². The summed E-state index contributed by atoms with van der Waals surface area (Å²) in [4.78, 5) is 11.7. The van der Waals surface area contributed by atoms with Gasteiger partial charge >= 0.3 is 0 Å². The number of hydroxylamine groups is 1. The first-order valence-electron chi connectivity index (χ1n) is 6.22. The van der Waals surface area contributed by atoms with Crippen molar-refractivity contribution in [3.05, 3.63) is 41.6 Å². The first-order chi connectivity index (χ1) is 10.2. The summed E-state index contributed by atoms with van der Waals surface area (Å²) >= 11 is 4.01. The van der Waals surface area contributed by atoms with Gasteiger partial charge in [0.15, 0.2) is 0 Å². The van der Waals surface area contributed by atoms with Gasteiger partial charge in [-0.1, -0.05) is 6.07 Å². The lowest BCUT2D eigenvalue weighted by atomic mass is 10.1. The number of carbonyl (C=O) groups is 1. The standard InChI is InChI=1S/C13H15N3O4S/c1-2-19-11-5-3-4-9(13(17)15-18)10(11)8-20-12-6-7-16(21)14-12/h3-7,18,21H,2,8H2,1H3,(H,15,17). The van der Waals surface area contributed by atoms with Crippen LogP contribution in [0.2, 0.25) is 0 Å². The molecule has 0 saturated heterocycles. The van der Waals surface area contributed by atoms with Gasteiger partial charge in [0.05, 0.1) is 12.2 Å². The molecule has 1 amide bonds. The Labute approximate surface area is 127 Å². The Hall–Kier alpha value is -2.19. The Balaban J connectivity index is 2.27. The number of rotatable bonds is 6. The smallest absolute Gasteiger partial charge is 0.275 e. The van der Waals surface area contributed by atoms with E-state index in [9.17, 15) is 4.79 Å². The van der Waals surface area contributed by atoms with Crippen LogP contribution in [0.1, 0.15) is 22.8 Å². The highest BCUT2D eigenvalue weighted by atomic mass is 32.1. The first-order valence-corrected chi connectivity index (χ1v) is 6.62. The van der Waals surface area contributed by atoms with E-state index in [1.54, 1.807) is 35.9 Å². The van der Waals surface area contributed by atoms with Crippen molar-refractivity contribution in [2.24, 2.45) is 0 Å². The minimum atomic E-state index is -0.630. The number of carbonyl (C=O) groups excluding carboxylic acids is 1. The molecule has 0 aliphatic heterocycles. The van der Waals surface area contributed by atoms with E-state index in [1.165, 1.54) is 4.09 Å². The van der Waals surface area contributed by atoms with Crippen molar-refractivity contribution >= 4 is 18.7 Å². The molecule has 1 aromatic heterocycles. The van der Waals surface area contributed by atoms with E-state index >= 15 is 0 Å². The summed E-state index contributed by atoms with van der Waals surface area (Å²) in [5.74, 6) is 0.255. The lowest BCUT2D eigenvalue weighted by Gasteiger charge is -2.14. The Morgan fingerprint density at radius 3 is 2.86 bits per heavy atom. The Kier molecular flexibility index (Phi) is 5.07. The van der Waals surface area contributed by atoms with E-state index in [4.69, 9.17) is 14.7 Å². The molecule has 21 heavy (non-hydrogen) atoms. The summed E-state index contributed by atoms with van der Waals surface area (Å²) in [6.45, 7) is 2.36. The van der Waals surface area contributed by atoms with Crippen LogP contribution in [-0.4, -0.2) is 26.9 Å². The summed E-state index contributed by atoms with van der Waals surface area (Å²) in [6, 6.07) is 6.61. The van der Waals surface area contributed by atoms with Crippen LogP contribution in [0, 0.1) is 0 Å². The van der Waals surface area contributed by atoms with Gasteiger partial charge in [0.1, 0.15) is 12.4 Å². The zero-order valence-electron chi connectivity index (χ0n) is 11.3. The van der Waals surface area contributed by atoms with Crippen molar-refractivity contribution in [3.63, 3.8) is 0 Å². The van der Waals surface area contributed by atoms with Crippen LogP contribution in [0.25, 0.3) is 0 Å². The maximum absolute atomic E-state index is 11.7. The molecular formula is C13H15N3O4S. The molecule has 1 heterocycles. The number of hydrogen-bond donors (Lipinski definition) is 3. The number of hydrogen-bond acceptors (Lipinski definition) is 6. The molecule has 2 N–H and O–H groups in total. The highest BCUT2D eigenvalue weighted by Crippen LogP contribution is 2.24. The third-order valence-corrected chi connectivity index (χ3v) is 2.92. The highest BCUT2D eigenvalue weighted by molar-refractivity contribution is 7.78. The van der Waals surface area contributed by atoms with Crippen molar-refractivity contribution in [1.82, 2.24) is 14.7 Å². The van der Waals surface area contributed by atoms with Crippen molar-refractivity contribution < 1.29 is 19.5 Å². The van der Waals surface area contributed by atoms with Gasteiger partial charge in [0.2, 0.25) is 5.88 Å². The van der Waals surface area contributed by atoms with Gasteiger partial charge in [0, 0.05) is 17.8 Å². The minimum Gasteiger partial charge on any atom is -0.493 e. The van der Waals surface area contributed by atoms with Crippen LogP contribution in [0.3, 0.4) is 0 Å². The van der Waals surface area contributed by atoms with Crippen LogP contribution < -0.4 is 15.0 Å². The van der Waals surface area contributed by atoms with Crippen molar-refractivity contribution in [1.29, 1.82) is 0 Å². The third-order valence-electron chi connectivity index (χ3n) is 2.69. The second kappa shape index (κ2) is 7.00. The molecule has 2 rings (SSSR count). The molecule has 0 spiro atoms. The van der Waals surface area contributed by atoms with E-state index in [0.29, 0.717) is 23.8 Å². The topological polar surface area (TPSA) is 85.6 Å². The molecular weight excluding hydrogens is 294 g/mol. The summed E-state index contributed by atoms with van der Waals surface area (Å²) in [7, 11) is 0. The van der Waals surface area contributed by atoms with Gasteiger partial charge in [-0.15, -0.1) is 5.10 Å². The molecule has 0 radical (unpaired) electrons. The first kappa shape index (κ1) is 15.2. The van der Waals surface area contributed by atoms with E-state index < -0.39 is 5.91 Å². The van der Waals surface area contributed by atoms with Crippen LogP contribution in [0.4, 0.5) is 0 Å². The molecule has 0 aliphatic carbocycles. The molecule has 0 aliphatic rings. The lowest BCUT2D eigenvalue weighted by Crippen LogP contribution is -2.21. The second-order valence-corrected chi connectivity index (χ2v) is 4.43. The maximum Gasteiger partial charge on any atom is 0.275 e. The Morgan fingerprint density at radius 2 is 2.24 bits per heavy atom. The van der Waals surface area contributed by atoms with Crippen LogP contribution in [0.15, 0.2) is 30.5 Å². The molecule has 0 unspecified atom stereocenters. The molecule has 2 aromatic rings. The molecule has 0 saturated carbocycles.